The van der Waals surface area contributed by atoms with Gasteiger partial charge in [0.05, 0.1) is 0 Å². The van der Waals surface area contributed by atoms with Crippen molar-refractivity contribution in [1.29, 1.82) is 0 Å². The Morgan fingerprint density at radius 3 is 2.33 bits per heavy atom. The van der Waals surface area contributed by atoms with E-state index in [0.717, 1.165) is 24.0 Å². The van der Waals surface area contributed by atoms with Crippen molar-refractivity contribution in [2.45, 2.75) is 83.8 Å². The monoisotopic (exact) mass is 252 g/mol. The Morgan fingerprint density at radius 1 is 1.11 bits per heavy atom. The van der Waals surface area contributed by atoms with Crippen LogP contribution >= 0.6 is 0 Å². The maximum Gasteiger partial charge on any atom is 0.0125 e. The molecule has 1 N–H and O–H groups in total. The molecule has 0 spiro atoms. The van der Waals surface area contributed by atoms with E-state index in [9.17, 15) is 0 Å². The Morgan fingerprint density at radius 2 is 1.78 bits per heavy atom. The minimum Gasteiger partial charge on any atom is -0.311 e. The number of fused-ring (bicyclic) bond motifs is 2. The van der Waals surface area contributed by atoms with Gasteiger partial charge >= 0.3 is 0 Å². The third kappa shape index (κ3) is 3.96. The van der Waals surface area contributed by atoms with Crippen LogP contribution in [0.1, 0.15) is 65.7 Å². The Kier molecular flexibility index (Phi) is 5.50. The highest BCUT2D eigenvalue weighted by Gasteiger charge is 2.35. The van der Waals surface area contributed by atoms with Crippen LogP contribution in [0.3, 0.4) is 0 Å². The Balaban J connectivity index is 1.80. The number of rotatable bonds is 7. The van der Waals surface area contributed by atoms with Crippen LogP contribution < -0.4 is 5.32 Å². The lowest BCUT2D eigenvalue weighted by Crippen LogP contribution is -2.48. The van der Waals surface area contributed by atoms with Crippen molar-refractivity contribution in [3.05, 3.63) is 0 Å². The molecule has 2 atom stereocenters. The molecule has 2 rings (SSSR count). The molecule has 0 aromatic rings. The van der Waals surface area contributed by atoms with Crippen LogP contribution in [0, 0.1) is 5.92 Å². The third-order valence-corrected chi connectivity index (χ3v) is 4.70. The van der Waals surface area contributed by atoms with E-state index in [-0.39, 0.29) is 0 Å². The summed E-state index contributed by atoms with van der Waals surface area (Å²) in [6, 6.07) is 2.53. The van der Waals surface area contributed by atoms with Gasteiger partial charge in [-0.25, -0.2) is 0 Å². The zero-order valence-corrected chi connectivity index (χ0v) is 12.6. The van der Waals surface area contributed by atoms with E-state index in [4.69, 9.17) is 0 Å². The zero-order chi connectivity index (χ0) is 13.0. The molecule has 2 heteroatoms. The van der Waals surface area contributed by atoms with Crippen LogP contribution in [-0.2, 0) is 0 Å². The summed E-state index contributed by atoms with van der Waals surface area (Å²) in [4.78, 5) is 2.80. The van der Waals surface area contributed by atoms with E-state index in [1.165, 1.54) is 58.0 Å². The standard InChI is InChI=1S/C16H32N2/c1-4-9-18(10-5-6-13(2)3)16-11-14-7-8-15(12-16)17-14/h13-17H,4-12H2,1-3H3. The topological polar surface area (TPSA) is 15.3 Å². The first-order valence-electron chi connectivity index (χ1n) is 8.19. The first-order chi connectivity index (χ1) is 8.69. The fraction of sp³-hybridized carbons (Fsp3) is 1.00. The molecule has 2 aliphatic heterocycles. The fourth-order valence-electron chi connectivity index (χ4n) is 3.79. The summed E-state index contributed by atoms with van der Waals surface area (Å²) in [5, 5.41) is 3.76. The molecule has 2 saturated heterocycles. The minimum atomic E-state index is 0.832. The molecule has 106 valence electrons. The van der Waals surface area contributed by atoms with Gasteiger partial charge < -0.3 is 10.2 Å². The number of piperidine rings is 1. The largest absolute Gasteiger partial charge is 0.311 e. The summed E-state index contributed by atoms with van der Waals surface area (Å²) in [5.41, 5.74) is 0. The smallest absolute Gasteiger partial charge is 0.0125 e. The molecule has 0 saturated carbocycles. The Hall–Kier alpha value is -0.0800. The van der Waals surface area contributed by atoms with Gasteiger partial charge in [0.25, 0.3) is 0 Å². The van der Waals surface area contributed by atoms with Gasteiger partial charge in [0.2, 0.25) is 0 Å². The molecule has 0 aliphatic carbocycles. The fourth-order valence-corrected chi connectivity index (χ4v) is 3.79. The second-order valence-electron chi connectivity index (χ2n) is 6.84. The van der Waals surface area contributed by atoms with Crippen molar-refractivity contribution in [1.82, 2.24) is 10.2 Å². The summed E-state index contributed by atoms with van der Waals surface area (Å²) in [6.07, 6.45) is 9.73. The van der Waals surface area contributed by atoms with E-state index >= 15 is 0 Å². The van der Waals surface area contributed by atoms with Crippen LogP contribution in [0.2, 0.25) is 0 Å². The van der Waals surface area contributed by atoms with Gasteiger partial charge in [-0.05, 0) is 64.0 Å². The first-order valence-corrected chi connectivity index (χ1v) is 8.19. The second-order valence-corrected chi connectivity index (χ2v) is 6.84. The molecule has 2 bridgehead atoms. The van der Waals surface area contributed by atoms with E-state index < -0.39 is 0 Å². The number of hydrogen-bond acceptors (Lipinski definition) is 2. The lowest BCUT2D eigenvalue weighted by molar-refractivity contribution is 0.137. The van der Waals surface area contributed by atoms with Crippen LogP contribution in [-0.4, -0.2) is 36.1 Å². The van der Waals surface area contributed by atoms with E-state index in [0.29, 0.717) is 0 Å². The van der Waals surface area contributed by atoms with Gasteiger partial charge in [0.1, 0.15) is 0 Å². The van der Waals surface area contributed by atoms with Gasteiger partial charge in [0, 0.05) is 18.1 Å². The molecule has 2 unspecified atom stereocenters. The normalized spacial score (nSPS) is 31.5. The molecule has 0 amide bonds. The summed E-state index contributed by atoms with van der Waals surface area (Å²) >= 11 is 0. The predicted molar refractivity (Wildman–Crippen MR) is 78.9 cm³/mol. The van der Waals surface area contributed by atoms with Crippen molar-refractivity contribution < 1.29 is 0 Å². The highest BCUT2D eigenvalue weighted by Crippen LogP contribution is 2.30. The van der Waals surface area contributed by atoms with Gasteiger partial charge in [-0.15, -0.1) is 0 Å². The van der Waals surface area contributed by atoms with Crippen LogP contribution in [0.5, 0.6) is 0 Å². The quantitative estimate of drug-likeness (QED) is 0.747. The molecule has 0 aromatic carbocycles. The molecular formula is C16H32N2. The second kappa shape index (κ2) is 6.91. The van der Waals surface area contributed by atoms with Gasteiger partial charge in [-0.2, -0.15) is 0 Å². The Labute approximate surface area is 114 Å². The van der Waals surface area contributed by atoms with Crippen LogP contribution in [0.4, 0.5) is 0 Å². The molecule has 2 heterocycles. The van der Waals surface area contributed by atoms with Gasteiger partial charge in [0.15, 0.2) is 0 Å². The highest BCUT2D eigenvalue weighted by atomic mass is 15.2. The van der Waals surface area contributed by atoms with Crippen molar-refractivity contribution in [3.8, 4) is 0 Å². The molecule has 18 heavy (non-hydrogen) atoms. The van der Waals surface area contributed by atoms with Crippen molar-refractivity contribution in [2.75, 3.05) is 13.1 Å². The number of hydrogen-bond donors (Lipinski definition) is 1. The summed E-state index contributed by atoms with van der Waals surface area (Å²) < 4.78 is 0. The Bertz CT molecular complexity index is 227. The van der Waals surface area contributed by atoms with E-state index in [1.54, 1.807) is 0 Å². The zero-order valence-electron chi connectivity index (χ0n) is 12.6. The minimum absolute atomic E-state index is 0.832. The predicted octanol–water partition coefficient (Wildman–Crippen LogP) is 3.42. The average molecular weight is 252 g/mol. The van der Waals surface area contributed by atoms with Crippen molar-refractivity contribution in [2.24, 2.45) is 5.92 Å². The summed E-state index contributed by atoms with van der Waals surface area (Å²) in [7, 11) is 0. The van der Waals surface area contributed by atoms with Gasteiger partial charge in [-0.1, -0.05) is 20.8 Å². The molecule has 2 fully saturated rings. The van der Waals surface area contributed by atoms with Crippen LogP contribution in [0.25, 0.3) is 0 Å². The van der Waals surface area contributed by atoms with E-state index in [2.05, 4.69) is 31.0 Å². The summed E-state index contributed by atoms with van der Waals surface area (Å²) in [5.74, 6) is 0.859. The maximum absolute atomic E-state index is 3.76. The molecule has 0 aromatic heterocycles. The summed E-state index contributed by atoms with van der Waals surface area (Å²) in [6.45, 7) is 9.65. The lowest BCUT2D eigenvalue weighted by atomic mass is 9.97. The first kappa shape index (κ1) is 14.3. The molecule has 0 radical (unpaired) electrons. The number of nitrogens with zero attached hydrogens (tertiary/aromatic N) is 1. The van der Waals surface area contributed by atoms with E-state index in [1.807, 2.05) is 0 Å². The third-order valence-electron chi connectivity index (χ3n) is 4.70. The van der Waals surface area contributed by atoms with Gasteiger partial charge in [-0.3, -0.25) is 0 Å². The molecule has 2 nitrogen and oxygen atoms in total. The lowest BCUT2D eigenvalue weighted by Gasteiger charge is -2.38. The van der Waals surface area contributed by atoms with Crippen molar-refractivity contribution >= 4 is 0 Å². The van der Waals surface area contributed by atoms with Crippen LogP contribution in [0.15, 0.2) is 0 Å². The molecular weight excluding hydrogens is 220 g/mol. The molecule has 2 aliphatic rings. The SMILES string of the molecule is CCCN(CCCC(C)C)C1CC2CCC(C1)N2. The van der Waals surface area contributed by atoms with Crippen molar-refractivity contribution in [3.63, 3.8) is 0 Å². The maximum atomic E-state index is 3.76. The number of nitrogens with one attached hydrogen (secondary N) is 1. The average Bonchev–Trinajstić information content (AvgIpc) is 2.67. The highest BCUT2D eigenvalue weighted by molar-refractivity contribution is 4.95.